The fourth-order valence-electron chi connectivity index (χ4n) is 1.04. The average molecular weight is 216 g/mol. The van der Waals surface area contributed by atoms with Gasteiger partial charge >= 0.3 is 0 Å². The van der Waals surface area contributed by atoms with E-state index in [1.807, 2.05) is 0 Å². The molecular weight excluding hydrogens is 204 g/mol. The van der Waals surface area contributed by atoms with Crippen LogP contribution in [0, 0.1) is 11.8 Å². The molecule has 0 aliphatic rings. The first-order valence-electron chi connectivity index (χ1n) is 4.88. The predicted molar refractivity (Wildman–Crippen MR) is 59.8 cm³/mol. The molecule has 1 aromatic heterocycles. The summed E-state index contributed by atoms with van der Waals surface area (Å²) in [6.07, 6.45) is 1.25. The monoisotopic (exact) mass is 216 g/mol. The summed E-state index contributed by atoms with van der Waals surface area (Å²) in [6.45, 7) is 1.98. The lowest BCUT2D eigenvalue weighted by atomic mass is 10.3. The van der Waals surface area contributed by atoms with E-state index in [-0.39, 0.29) is 5.91 Å². The second-order valence-corrected chi connectivity index (χ2v) is 3.10. The van der Waals surface area contributed by atoms with Crippen LogP contribution in [0.2, 0.25) is 0 Å². The lowest BCUT2D eigenvalue weighted by Crippen LogP contribution is -2.20. The zero-order valence-electron chi connectivity index (χ0n) is 8.99. The van der Waals surface area contributed by atoms with Gasteiger partial charge in [0.25, 0.3) is 0 Å². The van der Waals surface area contributed by atoms with Gasteiger partial charge in [-0.1, -0.05) is 12.0 Å². The van der Waals surface area contributed by atoms with Crippen molar-refractivity contribution in [1.29, 1.82) is 0 Å². The van der Waals surface area contributed by atoms with Crippen LogP contribution in [-0.4, -0.2) is 23.7 Å². The molecule has 0 unspecified atom stereocenters. The molecule has 0 spiro atoms. The summed E-state index contributed by atoms with van der Waals surface area (Å²) < 4.78 is 0. The van der Waals surface area contributed by atoms with Gasteiger partial charge in [-0.3, -0.25) is 9.59 Å². The molecule has 0 aliphatic carbocycles. The molecule has 0 bridgehead atoms. The minimum atomic E-state index is -0.0668. The van der Waals surface area contributed by atoms with Crippen molar-refractivity contribution in [3.63, 3.8) is 0 Å². The minimum Gasteiger partial charge on any atom is -0.355 e. The van der Waals surface area contributed by atoms with Crippen LogP contribution in [-0.2, 0) is 4.79 Å². The maximum atomic E-state index is 10.5. The highest BCUT2D eigenvalue weighted by molar-refractivity contribution is 5.72. The van der Waals surface area contributed by atoms with Crippen LogP contribution >= 0.6 is 0 Å². The Bertz CT molecular complexity index is 444. The highest BCUT2D eigenvalue weighted by Crippen LogP contribution is 1.95. The normalized spacial score (nSPS) is 8.81. The molecule has 0 saturated carbocycles. The number of hydrogen-bond donors (Lipinski definition) is 1. The van der Waals surface area contributed by atoms with Crippen LogP contribution in [0.5, 0.6) is 0 Å². The Morgan fingerprint density at radius 1 is 1.56 bits per heavy atom. The summed E-state index contributed by atoms with van der Waals surface area (Å²) in [6, 6.07) is 5.09. The van der Waals surface area contributed by atoms with Crippen molar-refractivity contribution >= 4 is 12.2 Å². The Balaban J connectivity index is 2.49. The van der Waals surface area contributed by atoms with Crippen molar-refractivity contribution in [1.82, 2.24) is 10.3 Å². The Morgan fingerprint density at radius 2 is 2.38 bits per heavy atom. The molecule has 0 aliphatic heterocycles. The van der Waals surface area contributed by atoms with Crippen molar-refractivity contribution in [3.05, 3.63) is 29.6 Å². The fourth-order valence-corrected chi connectivity index (χ4v) is 1.04. The molecule has 82 valence electrons. The first-order chi connectivity index (χ1) is 7.72. The minimum absolute atomic E-state index is 0.0668. The second kappa shape index (κ2) is 6.36. The van der Waals surface area contributed by atoms with Crippen molar-refractivity contribution in [3.8, 4) is 11.8 Å². The van der Waals surface area contributed by atoms with Gasteiger partial charge in [-0.2, -0.15) is 0 Å². The summed E-state index contributed by atoms with van der Waals surface area (Å²) in [5, 5.41) is 2.64. The number of nitrogens with one attached hydrogen (secondary N) is 1. The molecule has 1 rings (SSSR count). The standard InChI is InChI=1S/C12H12N2O2/c1-10(16)13-8-3-2-5-11-6-4-7-12(9-15)14-11/h4,6-7,9H,3,8H2,1H3,(H,13,16). The number of pyridine rings is 1. The summed E-state index contributed by atoms with van der Waals surface area (Å²) in [5.74, 6) is 5.62. The van der Waals surface area contributed by atoms with E-state index < -0.39 is 0 Å². The quantitative estimate of drug-likeness (QED) is 0.461. The molecule has 0 saturated heterocycles. The summed E-state index contributed by atoms with van der Waals surface area (Å²) in [4.78, 5) is 25.0. The fraction of sp³-hybridized carbons (Fsp3) is 0.250. The number of aldehydes is 1. The largest absolute Gasteiger partial charge is 0.355 e. The third-order valence-electron chi connectivity index (χ3n) is 1.73. The van der Waals surface area contributed by atoms with Gasteiger partial charge in [-0.25, -0.2) is 4.98 Å². The molecule has 1 amide bonds. The Kier molecular flexibility index (Phi) is 4.74. The van der Waals surface area contributed by atoms with Gasteiger partial charge < -0.3 is 5.32 Å². The highest BCUT2D eigenvalue weighted by Gasteiger charge is 1.92. The van der Waals surface area contributed by atoms with E-state index >= 15 is 0 Å². The van der Waals surface area contributed by atoms with Crippen LogP contribution < -0.4 is 5.32 Å². The smallest absolute Gasteiger partial charge is 0.216 e. The summed E-state index contributed by atoms with van der Waals surface area (Å²) >= 11 is 0. The molecule has 1 N–H and O–H groups in total. The summed E-state index contributed by atoms with van der Waals surface area (Å²) in [5.41, 5.74) is 0.932. The molecule has 0 atom stereocenters. The van der Waals surface area contributed by atoms with Crippen molar-refractivity contribution in [2.45, 2.75) is 13.3 Å². The van der Waals surface area contributed by atoms with Gasteiger partial charge in [-0.15, -0.1) is 0 Å². The van der Waals surface area contributed by atoms with Gasteiger partial charge in [0.2, 0.25) is 5.91 Å². The first kappa shape index (κ1) is 11.9. The Labute approximate surface area is 94.1 Å². The van der Waals surface area contributed by atoms with Gasteiger partial charge in [0.05, 0.1) is 0 Å². The zero-order chi connectivity index (χ0) is 11.8. The lowest BCUT2D eigenvalue weighted by molar-refractivity contribution is -0.118. The van der Waals surface area contributed by atoms with Crippen LogP contribution in [0.3, 0.4) is 0 Å². The number of carbonyl (C=O) groups excluding carboxylic acids is 2. The molecule has 0 radical (unpaired) electrons. The molecule has 4 nitrogen and oxygen atoms in total. The van der Waals surface area contributed by atoms with Crippen LogP contribution in [0.15, 0.2) is 18.2 Å². The van der Waals surface area contributed by atoms with Gasteiger partial charge in [-0.05, 0) is 18.1 Å². The van der Waals surface area contributed by atoms with Crippen molar-refractivity contribution < 1.29 is 9.59 Å². The molecule has 1 heterocycles. The maximum Gasteiger partial charge on any atom is 0.216 e. The SMILES string of the molecule is CC(=O)NCCC#Cc1cccc(C=O)n1. The number of carbonyl (C=O) groups is 2. The molecule has 0 aromatic carbocycles. The molecule has 1 aromatic rings. The van der Waals surface area contributed by atoms with Gasteiger partial charge in [0, 0.05) is 19.9 Å². The van der Waals surface area contributed by atoms with Crippen molar-refractivity contribution in [2.24, 2.45) is 0 Å². The Hall–Kier alpha value is -2.15. The third kappa shape index (κ3) is 4.38. The topological polar surface area (TPSA) is 59.1 Å². The lowest BCUT2D eigenvalue weighted by Gasteiger charge is -1.94. The molecule has 0 fully saturated rings. The number of hydrogen-bond acceptors (Lipinski definition) is 3. The van der Waals surface area contributed by atoms with Crippen LogP contribution in [0.25, 0.3) is 0 Å². The van der Waals surface area contributed by atoms with E-state index in [9.17, 15) is 9.59 Å². The Morgan fingerprint density at radius 3 is 3.06 bits per heavy atom. The average Bonchev–Trinajstić information content (AvgIpc) is 2.28. The third-order valence-corrected chi connectivity index (χ3v) is 1.73. The number of rotatable bonds is 3. The van der Waals surface area contributed by atoms with E-state index in [1.165, 1.54) is 6.92 Å². The van der Waals surface area contributed by atoms with E-state index in [0.29, 0.717) is 30.6 Å². The van der Waals surface area contributed by atoms with Crippen LogP contribution in [0.1, 0.15) is 29.5 Å². The van der Waals surface area contributed by atoms with Gasteiger partial charge in [0.1, 0.15) is 11.4 Å². The molecular formula is C12H12N2O2. The van der Waals surface area contributed by atoms with Crippen molar-refractivity contribution in [2.75, 3.05) is 6.54 Å². The maximum absolute atomic E-state index is 10.5. The zero-order valence-corrected chi connectivity index (χ0v) is 8.99. The first-order valence-corrected chi connectivity index (χ1v) is 4.88. The molecule has 16 heavy (non-hydrogen) atoms. The van der Waals surface area contributed by atoms with E-state index in [0.717, 1.165) is 0 Å². The highest BCUT2D eigenvalue weighted by atomic mass is 16.1. The van der Waals surface area contributed by atoms with E-state index in [4.69, 9.17) is 0 Å². The number of aromatic nitrogens is 1. The predicted octanol–water partition coefficient (Wildman–Crippen LogP) is 0.772. The number of nitrogens with zero attached hydrogens (tertiary/aromatic N) is 1. The molecule has 4 heteroatoms. The van der Waals surface area contributed by atoms with Crippen LogP contribution in [0.4, 0.5) is 0 Å². The van der Waals surface area contributed by atoms with Gasteiger partial charge in [0.15, 0.2) is 6.29 Å². The van der Waals surface area contributed by atoms with E-state index in [2.05, 4.69) is 22.1 Å². The number of amides is 1. The van der Waals surface area contributed by atoms with E-state index in [1.54, 1.807) is 18.2 Å². The summed E-state index contributed by atoms with van der Waals surface area (Å²) in [7, 11) is 0. The second-order valence-electron chi connectivity index (χ2n) is 3.10.